The van der Waals surface area contributed by atoms with Gasteiger partial charge in [-0.1, -0.05) is 19.3 Å². The molecule has 1 aromatic heterocycles. The fourth-order valence-electron chi connectivity index (χ4n) is 2.20. The Bertz CT molecular complexity index is 448. The van der Waals surface area contributed by atoms with Crippen molar-refractivity contribution in [1.82, 2.24) is 9.97 Å². The molecule has 0 atom stereocenters. The summed E-state index contributed by atoms with van der Waals surface area (Å²) >= 11 is 0. The summed E-state index contributed by atoms with van der Waals surface area (Å²) in [6, 6.07) is 0. The predicted octanol–water partition coefficient (Wildman–Crippen LogP) is 2.22. The molecule has 3 N–H and O–H groups in total. The number of carboxylic acids is 2. The van der Waals surface area contributed by atoms with Gasteiger partial charge in [0.25, 0.3) is 0 Å². The summed E-state index contributed by atoms with van der Waals surface area (Å²) in [4.78, 5) is 26.1. The molecule has 122 valence electrons. The number of rotatable bonds is 6. The number of aromatic amines is 1. The molecule has 0 radical (unpaired) electrons. The quantitative estimate of drug-likeness (QED) is 0.694. The van der Waals surface area contributed by atoms with Crippen molar-refractivity contribution in [2.75, 3.05) is 6.61 Å². The summed E-state index contributed by atoms with van der Waals surface area (Å²) in [7, 11) is 0. The van der Waals surface area contributed by atoms with Crippen LogP contribution < -0.4 is 0 Å². The highest BCUT2D eigenvalue weighted by Crippen LogP contribution is 2.23. The Labute approximate surface area is 129 Å². The van der Waals surface area contributed by atoms with Gasteiger partial charge < -0.3 is 19.9 Å². The molecule has 0 aliphatic heterocycles. The van der Waals surface area contributed by atoms with Crippen molar-refractivity contribution >= 4 is 11.9 Å². The van der Waals surface area contributed by atoms with E-state index in [1.807, 2.05) is 6.20 Å². The monoisotopic (exact) mass is 310 g/mol. The summed E-state index contributed by atoms with van der Waals surface area (Å²) in [5.74, 6) is -1.72. The summed E-state index contributed by atoms with van der Waals surface area (Å²) in [5, 5.41) is 15.6. The largest absolute Gasteiger partial charge is 0.478 e. The zero-order valence-electron chi connectivity index (χ0n) is 12.4. The number of nitrogens with one attached hydrogen (secondary N) is 1. The number of H-pyrrole nitrogens is 1. The highest BCUT2D eigenvalue weighted by molar-refractivity contribution is 5.89. The number of hydrogen-bond donors (Lipinski definition) is 3. The Balaban J connectivity index is 0.000000261. The zero-order valence-corrected chi connectivity index (χ0v) is 12.4. The van der Waals surface area contributed by atoms with Gasteiger partial charge in [0, 0.05) is 18.8 Å². The summed E-state index contributed by atoms with van der Waals surface area (Å²) < 4.78 is 5.65. The van der Waals surface area contributed by atoms with E-state index < -0.39 is 11.9 Å². The van der Waals surface area contributed by atoms with Gasteiger partial charge in [0.15, 0.2) is 0 Å². The number of aromatic nitrogens is 2. The highest BCUT2D eigenvalue weighted by Gasteiger charge is 2.13. The third-order valence-electron chi connectivity index (χ3n) is 3.26. The van der Waals surface area contributed by atoms with E-state index in [1.165, 1.54) is 32.1 Å². The molecule has 1 aliphatic carbocycles. The predicted molar refractivity (Wildman–Crippen MR) is 79.2 cm³/mol. The van der Waals surface area contributed by atoms with E-state index in [0.29, 0.717) is 18.8 Å². The lowest BCUT2D eigenvalue weighted by molar-refractivity contribution is -0.134. The zero-order chi connectivity index (χ0) is 16.2. The standard InChI is InChI=1S/C11H18N2O.C4H4O4/c1-2-4-10(5-3-1)7-14-8-11-6-12-9-13-11;5-3(6)1-2-4(7)8/h6,9-10H,1-5,7-8H2,(H,12,13);1-2H,(H,5,6)(H,7,8)/b;2-1-. The average Bonchev–Trinajstić information content (AvgIpc) is 3.00. The van der Waals surface area contributed by atoms with Gasteiger partial charge in [0.1, 0.15) is 0 Å². The minimum absolute atomic E-state index is 0.558. The molecule has 0 spiro atoms. The SMILES string of the molecule is O=C(O)/C=C\C(=O)O.c1ncc(COCC2CCCCC2)[nH]1. The van der Waals surface area contributed by atoms with E-state index >= 15 is 0 Å². The molecule has 0 unspecified atom stereocenters. The number of aliphatic carboxylic acids is 2. The molecular formula is C15H22N2O5. The Morgan fingerprint density at radius 3 is 2.36 bits per heavy atom. The number of imidazole rings is 1. The second-order valence-electron chi connectivity index (χ2n) is 5.11. The van der Waals surface area contributed by atoms with Crippen molar-refractivity contribution in [2.45, 2.75) is 38.7 Å². The molecule has 2 rings (SSSR count). The van der Waals surface area contributed by atoms with Crippen molar-refractivity contribution < 1.29 is 24.5 Å². The third-order valence-corrected chi connectivity index (χ3v) is 3.26. The summed E-state index contributed by atoms with van der Waals surface area (Å²) in [5.41, 5.74) is 1.07. The van der Waals surface area contributed by atoms with Gasteiger partial charge in [-0.3, -0.25) is 0 Å². The fourth-order valence-corrected chi connectivity index (χ4v) is 2.20. The first-order valence-electron chi connectivity index (χ1n) is 7.27. The Morgan fingerprint density at radius 2 is 1.86 bits per heavy atom. The molecule has 1 fully saturated rings. The van der Waals surface area contributed by atoms with Gasteiger partial charge in [0.05, 0.1) is 24.8 Å². The Kier molecular flexibility index (Phi) is 8.59. The van der Waals surface area contributed by atoms with Gasteiger partial charge in [-0.25, -0.2) is 14.6 Å². The lowest BCUT2D eigenvalue weighted by atomic mass is 9.90. The molecule has 1 aliphatic rings. The molecule has 0 amide bonds. The van der Waals surface area contributed by atoms with E-state index in [1.54, 1.807) is 6.33 Å². The summed E-state index contributed by atoms with van der Waals surface area (Å²) in [6.07, 6.45) is 11.5. The fraction of sp³-hybridized carbons (Fsp3) is 0.533. The Hall–Kier alpha value is -2.15. The number of ether oxygens (including phenoxy) is 1. The van der Waals surface area contributed by atoms with Gasteiger partial charge >= 0.3 is 11.9 Å². The second kappa shape index (κ2) is 10.6. The first-order valence-corrected chi connectivity index (χ1v) is 7.27. The first-order chi connectivity index (χ1) is 10.6. The van der Waals surface area contributed by atoms with Crippen LogP contribution in [0.2, 0.25) is 0 Å². The van der Waals surface area contributed by atoms with Crippen LogP contribution in [0.15, 0.2) is 24.7 Å². The van der Waals surface area contributed by atoms with E-state index in [-0.39, 0.29) is 0 Å². The van der Waals surface area contributed by atoms with Gasteiger partial charge in [-0.15, -0.1) is 0 Å². The number of nitrogens with zero attached hydrogens (tertiary/aromatic N) is 1. The number of hydrogen-bond acceptors (Lipinski definition) is 4. The van der Waals surface area contributed by atoms with Crippen LogP contribution in [-0.4, -0.2) is 38.7 Å². The smallest absolute Gasteiger partial charge is 0.328 e. The average molecular weight is 310 g/mol. The molecular weight excluding hydrogens is 288 g/mol. The topological polar surface area (TPSA) is 113 Å². The van der Waals surface area contributed by atoms with Crippen LogP contribution in [0, 0.1) is 5.92 Å². The molecule has 1 saturated carbocycles. The van der Waals surface area contributed by atoms with E-state index in [4.69, 9.17) is 14.9 Å². The molecule has 0 saturated heterocycles. The van der Waals surface area contributed by atoms with Gasteiger partial charge in [-0.2, -0.15) is 0 Å². The van der Waals surface area contributed by atoms with Crippen LogP contribution in [0.25, 0.3) is 0 Å². The maximum atomic E-state index is 9.55. The van der Waals surface area contributed by atoms with E-state index in [2.05, 4.69) is 9.97 Å². The van der Waals surface area contributed by atoms with Crippen molar-refractivity contribution in [3.05, 3.63) is 30.4 Å². The number of carboxylic acid groups (broad SMARTS) is 2. The van der Waals surface area contributed by atoms with Crippen molar-refractivity contribution in [3.63, 3.8) is 0 Å². The van der Waals surface area contributed by atoms with Crippen molar-refractivity contribution in [2.24, 2.45) is 5.92 Å². The maximum absolute atomic E-state index is 9.55. The van der Waals surface area contributed by atoms with Crippen LogP contribution in [-0.2, 0) is 20.9 Å². The number of carbonyl (C=O) groups is 2. The molecule has 0 bridgehead atoms. The lowest BCUT2D eigenvalue weighted by Gasteiger charge is -2.20. The Morgan fingerprint density at radius 1 is 1.23 bits per heavy atom. The van der Waals surface area contributed by atoms with E-state index in [9.17, 15) is 9.59 Å². The lowest BCUT2D eigenvalue weighted by Crippen LogP contribution is -2.13. The van der Waals surface area contributed by atoms with Crippen LogP contribution in [0.5, 0.6) is 0 Å². The van der Waals surface area contributed by atoms with Crippen molar-refractivity contribution in [3.8, 4) is 0 Å². The highest BCUT2D eigenvalue weighted by atomic mass is 16.5. The molecule has 1 heterocycles. The minimum Gasteiger partial charge on any atom is -0.478 e. The first kappa shape index (κ1) is 17.9. The van der Waals surface area contributed by atoms with Gasteiger partial charge in [-0.05, 0) is 18.8 Å². The van der Waals surface area contributed by atoms with Gasteiger partial charge in [0.2, 0.25) is 0 Å². The van der Waals surface area contributed by atoms with E-state index in [0.717, 1.165) is 18.2 Å². The second-order valence-corrected chi connectivity index (χ2v) is 5.11. The third kappa shape index (κ3) is 8.91. The molecule has 7 nitrogen and oxygen atoms in total. The molecule has 22 heavy (non-hydrogen) atoms. The van der Waals surface area contributed by atoms with Crippen LogP contribution in [0.3, 0.4) is 0 Å². The molecule has 1 aromatic rings. The maximum Gasteiger partial charge on any atom is 0.328 e. The van der Waals surface area contributed by atoms with Crippen LogP contribution in [0.4, 0.5) is 0 Å². The van der Waals surface area contributed by atoms with Crippen LogP contribution >= 0.6 is 0 Å². The summed E-state index contributed by atoms with van der Waals surface area (Å²) in [6.45, 7) is 1.59. The normalized spacial score (nSPS) is 15.3. The molecule has 7 heteroatoms. The minimum atomic E-state index is -1.26. The molecule has 0 aromatic carbocycles. The van der Waals surface area contributed by atoms with Crippen LogP contribution in [0.1, 0.15) is 37.8 Å². The van der Waals surface area contributed by atoms with Crippen molar-refractivity contribution in [1.29, 1.82) is 0 Å².